The highest BCUT2D eigenvalue weighted by Crippen LogP contribution is 2.01. The number of benzene rings is 1. The van der Waals surface area contributed by atoms with Gasteiger partial charge in [-0.25, -0.2) is 9.37 Å². The summed E-state index contributed by atoms with van der Waals surface area (Å²) >= 11 is 0. The summed E-state index contributed by atoms with van der Waals surface area (Å²) in [5.41, 5.74) is 0.980. The minimum atomic E-state index is -0.237. The molecular weight excluding hydrogens is 386 g/mol. The number of nitrogens with zero attached hydrogens (tertiary/aromatic N) is 4. The Morgan fingerprint density at radius 2 is 1.90 bits per heavy atom. The lowest BCUT2D eigenvalue weighted by Crippen LogP contribution is -2.36. The van der Waals surface area contributed by atoms with Crippen molar-refractivity contribution in [3.63, 3.8) is 0 Å². The highest BCUT2D eigenvalue weighted by Gasteiger charge is 2.02. The van der Waals surface area contributed by atoms with Crippen LogP contribution in [0.2, 0.25) is 0 Å². The van der Waals surface area contributed by atoms with E-state index in [1.807, 2.05) is 7.05 Å². The Hall–Kier alpha value is -1.71. The third-order valence-electron chi connectivity index (χ3n) is 2.82. The molecule has 21 heavy (non-hydrogen) atoms. The summed E-state index contributed by atoms with van der Waals surface area (Å²) in [7, 11) is 3.52. The van der Waals surface area contributed by atoms with Gasteiger partial charge >= 0.3 is 0 Å². The molecule has 0 atom stereocenters. The van der Waals surface area contributed by atoms with E-state index in [0.29, 0.717) is 19.0 Å². The second-order valence-corrected chi connectivity index (χ2v) is 4.21. The zero-order valence-electron chi connectivity index (χ0n) is 11.9. The second-order valence-electron chi connectivity index (χ2n) is 4.21. The van der Waals surface area contributed by atoms with Gasteiger partial charge in [0.15, 0.2) is 5.96 Å². The van der Waals surface area contributed by atoms with Crippen LogP contribution in [0.25, 0.3) is 0 Å². The fourth-order valence-corrected chi connectivity index (χ4v) is 1.65. The van der Waals surface area contributed by atoms with Crippen LogP contribution in [0.1, 0.15) is 11.4 Å². The average molecular weight is 404 g/mol. The average Bonchev–Trinajstić information content (AvgIpc) is 2.86. The Morgan fingerprint density at radius 3 is 2.48 bits per heavy atom. The molecule has 0 aliphatic carbocycles. The van der Waals surface area contributed by atoms with Gasteiger partial charge in [-0.1, -0.05) is 12.1 Å². The van der Waals surface area contributed by atoms with Gasteiger partial charge in [-0.2, -0.15) is 5.10 Å². The predicted molar refractivity (Wildman–Crippen MR) is 89.9 cm³/mol. The third kappa shape index (κ3) is 5.29. The monoisotopic (exact) mass is 404 g/mol. The molecule has 1 heterocycles. The topological polar surface area (TPSA) is 67.1 Å². The van der Waals surface area contributed by atoms with Gasteiger partial charge in [0, 0.05) is 20.6 Å². The van der Waals surface area contributed by atoms with E-state index < -0.39 is 0 Å². The number of nitrogens with one attached hydrogen (secondary N) is 2. The zero-order valence-corrected chi connectivity index (χ0v) is 14.2. The summed E-state index contributed by atoms with van der Waals surface area (Å²) in [6, 6.07) is 6.34. The first kappa shape index (κ1) is 17.3. The molecule has 1 aromatic heterocycles. The van der Waals surface area contributed by atoms with Crippen molar-refractivity contribution in [2.45, 2.75) is 13.1 Å². The summed E-state index contributed by atoms with van der Waals surface area (Å²) in [4.78, 5) is 8.23. The summed E-state index contributed by atoms with van der Waals surface area (Å²) in [5.74, 6) is 1.23. The molecule has 0 aliphatic rings. The Kier molecular flexibility index (Phi) is 7.06. The molecule has 0 amide bonds. The van der Waals surface area contributed by atoms with Crippen LogP contribution >= 0.6 is 24.0 Å². The zero-order chi connectivity index (χ0) is 14.4. The fraction of sp³-hybridized carbons (Fsp3) is 0.308. The van der Waals surface area contributed by atoms with Crippen molar-refractivity contribution >= 4 is 29.9 Å². The molecule has 1 aromatic carbocycles. The first-order valence-electron chi connectivity index (χ1n) is 6.21. The van der Waals surface area contributed by atoms with Crippen molar-refractivity contribution < 1.29 is 4.39 Å². The smallest absolute Gasteiger partial charge is 0.191 e. The molecule has 2 rings (SSSR count). The lowest BCUT2D eigenvalue weighted by molar-refractivity contribution is 0.626. The number of hydrogen-bond donors (Lipinski definition) is 2. The maximum atomic E-state index is 12.8. The Balaban J connectivity index is 0.00000220. The third-order valence-corrected chi connectivity index (χ3v) is 2.82. The van der Waals surface area contributed by atoms with Gasteiger partial charge in [0.05, 0.1) is 6.54 Å². The number of hydrogen-bond acceptors (Lipinski definition) is 3. The van der Waals surface area contributed by atoms with Crippen molar-refractivity contribution in [1.82, 2.24) is 25.4 Å². The minimum absolute atomic E-state index is 0. The largest absolute Gasteiger partial charge is 0.352 e. The normalized spacial score (nSPS) is 10.9. The van der Waals surface area contributed by atoms with E-state index in [0.717, 1.165) is 11.4 Å². The van der Waals surface area contributed by atoms with Crippen molar-refractivity contribution in [2.75, 3.05) is 7.05 Å². The quantitative estimate of drug-likeness (QED) is 0.460. The number of rotatable bonds is 4. The molecule has 2 N–H and O–H groups in total. The fourth-order valence-electron chi connectivity index (χ4n) is 1.65. The Bertz CT molecular complexity index is 581. The first-order chi connectivity index (χ1) is 9.69. The molecule has 0 saturated carbocycles. The van der Waals surface area contributed by atoms with Crippen LogP contribution in [0.3, 0.4) is 0 Å². The highest BCUT2D eigenvalue weighted by molar-refractivity contribution is 14.0. The molecule has 0 aliphatic heterocycles. The van der Waals surface area contributed by atoms with E-state index in [2.05, 4.69) is 25.7 Å². The lowest BCUT2D eigenvalue weighted by Gasteiger charge is -2.11. The molecule has 8 heteroatoms. The van der Waals surface area contributed by atoms with Gasteiger partial charge < -0.3 is 10.6 Å². The van der Waals surface area contributed by atoms with E-state index in [1.54, 1.807) is 23.9 Å². The summed E-state index contributed by atoms with van der Waals surface area (Å²) < 4.78 is 14.5. The maximum Gasteiger partial charge on any atom is 0.191 e. The van der Waals surface area contributed by atoms with Crippen LogP contribution in [-0.4, -0.2) is 27.8 Å². The molecule has 0 bridgehead atoms. The van der Waals surface area contributed by atoms with Crippen molar-refractivity contribution in [3.8, 4) is 0 Å². The van der Waals surface area contributed by atoms with Gasteiger partial charge in [0.1, 0.15) is 18.0 Å². The molecule has 0 fully saturated rings. The van der Waals surface area contributed by atoms with Gasteiger partial charge in [0.2, 0.25) is 0 Å². The van der Waals surface area contributed by atoms with E-state index >= 15 is 0 Å². The predicted octanol–water partition coefficient (Wildman–Crippen LogP) is 1.44. The number of aromatic nitrogens is 3. The summed E-state index contributed by atoms with van der Waals surface area (Å²) in [5, 5.41) is 10.3. The van der Waals surface area contributed by atoms with E-state index in [1.165, 1.54) is 18.5 Å². The lowest BCUT2D eigenvalue weighted by atomic mass is 10.2. The number of aliphatic imine (C=N–C) groups is 1. The van der Waals surface area contributed by atoms with Gasteiger partial charge in [-0.05, 0) is 17.7 Å². The van der Waals surface area contributed by atoms with Crippen LogP contribution in [0.5, 0.6) is 0 Å². The molecule has 0 spiro atoms. The van der Waals surface area contributed by atoms with E-state index in [-0.39, 0.29) is 29.8 Å². The van der Waals surface area contributed by atoms with E-state index in [9.17, 15) is 4.39 Å². The highest BCUT2D eigenvalue weighted by atomic mass is 127. The van der Waals surface area contributed by atoms with Gasteiger partial charge in [-0.15, -0.1) is 24.0 Å². The molecule has 2 aromatic rings. The maximum absolute atomic E-state index is 12.8. The SMILES string of the molecule is CN=C(NCc1ccc(F)cc1)NCc1ncnn1C.I. The van der Waals surface area contributed by atoms with Crippen LogP contribution in [0, 0.1) is 5.82 Å². The molecule has 0 radical (unpaired) electrons. The van der Waals surface area contributed by atoms with Crippen molar-refractivity contribution in [2.24, 2.45) is 12.0 Å². The first-order valence-corrected chi connectivity index (χ1v) is 6.21. The van der Waals surface area contributed by atoms with Crippen LogP contribution in [-0.2, 0) is 20.1 Å². The molecule has 114 valence electrons. The summed E-state index contributed by atoms with van der Waals surface area (Å²) in [6.07, 6.45) is 1.51. The Morgan fingerprint density at radius 1 is 1.24 bits per heavy atom. The molecule has 0 unspecified atom stereocenters. The Labute approximate surface area is 139 Å². The second kappa shape index (κ2) is 8.55. The van der Waals surface area contributed by atoms with Crippen LogP contribution < -0.4 is 10.6 Å². The van der Waals surface area contributed by atoms with Gasteiger partial charge in [-0.3, -0.25) is 9.67 Å². The van der Waals surface area contributed by atoms with Crippen LogP contribution in [0.4, 0.5) is 4.39 Å². The molecule has 6 nitrogen and oxygen atoms in total. The number of aryl methyl sites for hydroxylation is 1. The summed E-state index contributed by atoms with van der Waals surface area (Å²) in [6.45, 7) is 1.10. The van der Waals surface area contributed by atoms with Crippen LogP contribution in [0.15, 0.2) is 35.6 Å². The number of halogens is 2. The molecule has 0 saturated heterocycles. The minimum Gasteiger partial charge on any atom is -0.352 e. The van der Waals surface area contributed by atoms with Crippen molar-refractivity contribution in [3.05, 3.63) is 47.8 Å². The van der Waals surface area contributed by atoms with Crippen molar-refractivity contribution in [1.29, 1.82) is 0 Å². The molecular formula is C13H18FIN6. The van der Waals surface area contributed by atoms with E-state index in [4.69, 9.17) is 0 Å². The van der Waals surface area contributed by atoms with Gasteiger partial charge in [0.25, 0.3) is 0 Å². The standard InChI is InChI=1S/C13H17FN6.HI/c1-15-13(17-8-12-18-9-19-20(12)2)16-7-10-3-5-11(14)6-4-10;/h3-6,9H,7-8H2,1-2H3,(H2,15,16,17);1H. The number of guanidine groups is 1.